The molecule has 1 saturated heterocycles. The van der Waals surface area contributed by atoms with Crippen molar-refractivity contribution in [2.45, 2.75) is 12.8 Å². The summed E-state index contributed by atoms with van der Waals surface area (Å²) in [7, 11) is 1.41. The van der Waals surface area contributed by atoms with Crippen LogP contribution in [0.1, 0.15) is 12.8 Å². The summed E-state index contributed by atoms with van der Waals surface area (Å²) < 4.78 is 4.74. The molecule has 2 rings (SSSR count). The maximum atomic E-state index is 12.1. The molecule has 116 valence electrons. The molecule has 1 aliphatic heterocycles. The van der Waals surface area contributed by atoms with Crippen LogP contribution in [0.3, 0.4) is 0 Å². The van der Waals surface area contributed by atoms with Crippen LogP contribution in [0.4, 0.5) is 5.69 Å². The number of rotatable bonds is 4. The molecule has 0 aliphatic carbocycles. The SMILES string of the molecule is COC(=O)C1CCN(C(=O)CNc2ccccc2)CC1.Cl. The van der Waals surface area contributed by atoms with Gasteiger partial charge in [-0.3, -0.25) is 9.59 Å². The van der Waals surface area contributed by atoms with Crippen molar-refractivity contribution in [3.8, 4) is 0 Å². The summed E-state index contributed by atoms with van der Waals surface area (Å²) in [4.78, 5) is 25.3. The molecule has 0 aromatic heterocycles. The summed E-state index contributed by atoms with van der Waals surface area (Å²) in [5, 5.41) is 3.10. The number of ether oxygens (including phenoxy) is 1. The third kappa shape index (κ3) is 4.93. The summed E-state index contributed by atoms with van der Waals surface area (Å²) in [6.07, 6.45) is 1.37. The molecular weight excluding hydrogens is 292 g/mol. The van der Waals surface area contributed by atoms with Crippen LogP contribution in [0.25, 0.3) is 0 Å². The summed E-state index contributed by atoms with van der Waals surface area (Å²) in [5.74, 6) is -0.164. The van der Waals surface area contributed by atoms with Crippen LogP contribution in [0.5, 0.6) is 0 Å². The molecule has 1 heterocycles. The molecule has 21 heavy (non-hydrogen) atoms. The predicted octanol–water partition coefficient (Wildman–Crippen LogP) is 1.93. The van der Waals surface area contributed by atoms with Gasteiger partial charge in [-0.05, 0) is 25.0 Å². The molecule has 0 spiro atoms. The number of benzene rings is 1. The van der Waals surface area contributed by atoms with Crippen molar-refractivity contribution < 1.29 is 14.3 Å². The molecule has 1 N–H and O–H groups in total. The Bertz CT molecular complexity index is 459. The van der Waals surface area contributed by atoms with E-state index in [1.54, 1.807) is 4.90 Å². The topological polar surface area (TPSA) is 58.6 Å². The van der Waals surface area contributed by atoms with Gasteiger partial charge >= 0.3 is 5.97 Å². The first kappa shape index (κ1) is 17.3. The molecule has 5 nitrogen and oxygen atoms in total. The molecule has 1 amide bonds. The Morgan fingerprint density at radius 1 is 1.24 bits per heavy atom. The van der Waals surface area contributed by atoms with Crippen LogP contribution in [-0.4, -0.2) is 43.5 Å². The normalized spacial score (nSPS) is 15.0. The van der Waals surface area contributed by atoms with Gasteiger partial charge < -0.3 is 15.0 Å². The van der Waals surface area contributed by atoms with E-state index < -0.39 is 0 Å². The molecule has 0 atom stereocenters. The van der Waals surface area contributed by atoms with Gasteiger partial charge in [-0.25, -0.2) is 0 Å². The van der Waals surface area contributed by atoms with E-state index >= 15 is 0 Å². The second kappa shape index (κ2) is 8.52. The number of piperidine rings is 1. The summed E-state index contributed by atoms with van der Waals surface area (Å²) in [5.41, 5.74) is 0.935. The molecular formula is C15H21ClN2O3. The Morgan fingerprint density at radius 2 is 1.86 bits per heavy atom. The fourth-order valence-electron chi connectivity index (χ4n) is 2.38. The number of carbonyl (C=O) groups is 2. The number of likely N-dealkylation sites (tertiary alicyclic amines) is 1. The van der Waals surface area contributed by atoms with Crippen molar-refractivity contribution >= 4 is 30.0 Å². The third-order valence-electron chi connectivity index (χ3n) is 3.60. The molecule has 1 aliphatic rings. The highest BCUT2D eigenvalue weighted by Crippen LogP contribution is 2.18. The van der Waals surface area contributed by atoms with E-state index in [0.29, 0.717) is 25.9 Å². The lowest BCUT2D eigenvalue weighted by Crippen LogP contribution is -2.42. The first-order chi connectivity index (χ1) is 9.70. The van der Waals surface area contributed by atoms with Gasteiger partial charge in [0.15, 0.2) is 0 Å². The van der Waals surface area contributed by atoms with Crippen molar-refractivity contribution in [1.82, 2.24) is 4.90 Å². The van der Waals surface area contributed by atoms with Crippen molar-refractivity contribution in [2.24, 2.45) is 5.92 Å². The number of para-hydroxylation sites is 1. The van der Waals surface area contributed by atoms with Crippen molar-refractivity contribution in [1.29, 1.82) is 0 Å². The van der Waals surface area contributed by atoms with Gasteiger partial charge in [-0.2, -0.15) is 0 Å². The van der Waals surface area contributed by atoms with Gasteiger partial charge in [0.25, 0.3) is 0 Å². The number of carbonyl (C=O) groups excluding carboxylic acids is 2. The maximum absolute atomic E-state index is 12.1. The minimum Gasteiger partial charge on any atom is -0.469 e. The molecule has 0 radical (unpaired) electrons. The van der Waals surface area contributed by atoms with E-state index in [1.165, 1.54) is 7.11 Å². The van der Waals surface area contributed by atoms with Crippen molar-refractivity contribution in [3.05, 3.63) is 30.3 Å². The quantitative estimate of drug-likeness (QED) is 0.863. The van der Waals surface area contributed by atoms with Crippen LogP contribution < -0.4 is 5.32 Å². The Balaban J connectivity index is 0.00000220. The standard InChI is InChI=1S/C15H20N2O3.ClH/c1-20-15(19)12-7-9-17(10-8-12)14(18)11-16-13-5-3-2-4-6-13;/h2-6,12,16H,7-11H2,1H3;1H. The molecule has 1 fully saturated rings. The van der Waals surface area contributed by atoms with Crippen molar-refractivity contribution in [2.75, 3.05) is 32.1 Å². The third-order valence-corrected chi connectivity index (χ3v) is 3.60. The molecule has 0 bridgehead atoms. The fraction of sp³-hybridized carbons (Fsp3) is 0.467. The van der Waals surface area contributed by atoms with E-state index in [-0.39, 0.29) is 36.7 Å². The van der Waals surface area contributed by atoms with E-state index in [0.717, 1.165) is 5.69 Å². The van der Waals surface area contributed by atoms with Crippen LogP contribution in [0.2, 0.25) is 0 Å². The summed E-state index contributed by atoms with van der Waals surface area (Å²) >= 11 is 0. The highest BCUT2D eigenvalue weighted by molar-refractivity contribution is 5.85. The average Bonchev–Trinajstić information content (AvgIpc) is 2.53. The number of anilines is 1. The van der Waals surface area contributed by atoms with Gasteiger partial charge in [0, 0.05) is 18.8 Å². The number of nitrogens with zero attached hydrogens (tertiary/aromatic N) is 1. The van der Waals surface area contributed by atoms with Crippen LogP contribution in [0.15, 0.2) is 30.3 Å². The van der Waals surface area contributed by atoms with Crippen LogP contribution in [-0.2, 0) is 14.3 Å². The lowest BCUT2D eigenvalue weighted by Gasteiger charge is -2.30. The molecule has 1 aromatic rings. The zero-order valence-electron chi connectivity index (χ0n) is 12.1. The smallest absolute Gasteiger partial charge is 0.308 e. The monoisotopic (exact) mass is 312 g/mol. The Hall–Kier alpha value is -1.75. The first-order valence-corrected chi connectivity index (χ1v) is 6.85. The van der Waals surface area contributed by atoms with Gasteiger partial charge in [-0.15, -0.1) is 12.4 Å². The lowest BCUT2D eigenvalue weighted by molar-refractivity contribution is -0.148. The molecule has 6 heteroatoms. The zero-order chi connectivity index (χ0) is 14.4. The van der Waals surface area contributed by atoms with Gasteiger partial charge in [-0.1, -0.05) is 18.2 Å². The fourth-order valence-corrected chi connectivity index (χ4v) is 2.38. The average molecular weight is 313 g/mol. The van der Waals surface area contributed by atoms with E-state index in [9.17, 15) is 9.59 Å². The van der Waals surface area contributed by atoms with Crippen LogP contribution >= 0.6 is 12.4 Å². The second-order valence-electron chi connectivity index (χ2n) is 4.90. The van der Waals surface area contributed by atoms with Gasteiger partial charge in [0.2, 0.25) is 5.91 Å². The van der Waals surface area contributed by atoms with Gasteiger partial charge in [0.1, 0.15) is 0 Å². The van der Waals surface area contributed by atoms with Gasteiger partial charge in [0.05, 0.1) is 19.6 Å². The van der Waals surface area contributed by atoms with Crippen LogP contribution in [0, 0.1) is 5.92 Å². The largest absolute Gasteiger partial charge is 0.469 e. The minimum atomic E-state index is -0.167. The van der Waals surface area contributed by atoms with Crippen molar-refractivity contribution in [3.63, 3.8) is 0 Å². The molecule has 1 aromatic carbocycles. The predicted molar refractivity (Wildman–Crippen MR) is 83.5 cm³/mol. The number of hydrogen-bond acceptors (Lipinski definition) is 4. The van der Waals surface area contributed by atoms with E-state index in [4.69, 9.17) is 4.74 Å². The number of nitrogens with one attached hydrogen (secondary N) is 1. The highest BCUT2D eigenvalue weighted by atomic mass is 35.5. The number of hydrogen-bond donors (Lipinski definition) is 1. The highest BCUT2D eigenvalue weighted by Gasteiger charge is 2.27. The Morgan fingerprint density at radius 3 is 2.43 bits per heavy atom. The number of methoxy groups -OCH3 is 1. The number of esters is 1. The summed E-state index contributed by atoms with van der Waals surface area (Å²) in [6, 6.07) is 9.64. The number of amides is 1. The minimum absolute atomic E-state index is 0. The maximum Gasteiger partial charge on any atom is 0.308 e. The zero-order valence-corrected chi connectivity index (χ0v) is 12.9. The first-order valence-electron chi connectivity index (χ1n) is 6.85. The Labute approximate surface area is 131 Å². The molecule has 0 saturated carbocycles. The Kier molecular flexibility index (Phi) is 7.02. The second-order valence-corrected chi connectivity index (χ2v) is 4.90. The van der Waals surface area contributed by atoms with E-state index in [1.807, 2.05) is 30.3 Å². The lowest BCUT2D eigenvalue weighted by atomic mass is 9.97. The van der Waals surface area contributed by atoms with E-state index in [2.05, 4.69) is 5.32 Å². The molecule has 0 unspecified atom stereocenters. The summed E-state index contributed by atoms with van der Waals surface area (Å²) in [6.45, 7) is 1.52. The number of halogens is 1.